The van der Waals surface area contributed by atoms with Crippen LogP contribution in [0.5, 0.6) is 0 Å². The van der Waals surface area contributed by atoms with Crippen LogP contribution in [-0.4, -0.2) is 98.3 Å². The molecule has 0 aliphatic carbocycles. The first-order chi connectivity index (χ1) is 20.6. The Hall–Kier alpha value is -1.88. The summed E-state index contributed by atoms with van der Waals surface area (Å²) in [7, 11) is 5.51. The van der Waals surface area contributed by atoms with Crippen LogP contribution in [0.2, 0.25) is 0 Å². The Morgan fingerprint density at radius 2 is 1.68 bits per heavy atom. The van der Waals surface area contributed by atoms with Gasteiger partial charge >= 0.3 is 11.9 Å². The number of carbonyl (C=O) groups is 4. The van der Waals surface area contributed by atoms with E-state index in [2.05, 4.69) is 10.1 Å². The number of nitrogens with zero attached hydrogens (tertiary/aromatic N) is 2. The van der Waals surface area contributed by atoms with Crippen molar-refractivity contribution in [2.45, 2.75) is 97.0 Å². The Bertz CT molecular complexity index is 1100. The van der Waals surface area contributed by atoms with Crippen molar-refractivity contribution < 1.29 is 46.0 Å². The van der Waals surface area contributed by atoms with Crippen molar-refractivity contribution >= 4 is 52.3 Å². The lowest BCUT2D eigenvalue weighted by atomic mass is 9.72. The Morgan fingerprint density at radius 3 is 2.27 bits per heavy atom. The van der Waals surface area contributed by atoms with Crippen LogP contribution in [0.25, 0.3) is 0 Å². The number of ether oxygens (including phenoxy) is 5. The van der Waals surface area contributed by atoms with Crippen LogP contribution in [0.3, 0.4) is 0 Å². The van der Waals surface area contributed by atoms with Crippen molar-refractivity contribution in [3.05, 3.63) is 0 Å². The minimum Gasteiger partial charge on any atom is -0.461 e. The van der Waals surface area contributed by atoms with Crippen LogP contribution in [0.15, 0.2) is 5.16 Å². The van der Waals surface area contributed by atoms with Gasteiger partial charge in [-0.2, -0.15) is 0 Å². The van der Waals surface area contributed by atoms with Gasteiger partial charge in [-0.1, -0.05) is 25.9 Å². The van der Waals surface area contributed by atoms with E-state index in [0.29, 0.717) is 6.42 Å². The van der Waals surface area contributed by atoms with E-state index in [1.807, 2.05) is 21.0 Å². The fourth-order valence-corrected chi connectivity index (χ4v) is 7.22. The number of halogens is 1. The largest absolute Gasteiger partial charge is 0.461 e. The van der Waals surface area contributed by atoms with E-state index in [4.69, 9.17) is 32.6 Å². The van der Waals surface area contributed by atoms with Gasteiger partial charge in [0.1, 0.15) is 30.3 Å². The average molecular weight is 738 g/mol. The third-order valence-electron chi connectivity index (χ3n) is 9.64. The highest BCUT2D eigenvalue weighted by molar-refractivity contribution is 14.1. The van der Waals surface area contributed by atoms with Crippen molar-refractivity contribution in [1.29, 1.82) is 0 Å². The second-order valence-corrected chi connectivity index (χ2v) is 13.4. The number of hydrogen-bond donors (Lipinski definition) is 1. The molecule has 250 valence electrons. The molecule has 3 aliphatic heterocycles. The summed E-state index contributed by atoms with van der Waals surface area (Å²) in [5, 5.41) is 3.72. The van der Waals surface area contributed by atoms with Gasteiger partial charge in [0.15, 0.2) is 17.9 Å². The number of oxime groups is 1. The fourth-order valence-electron chi connectivity index (χ4n) is 6.99. The zero-order chi connectivity index (χ0) is 33.1. The molecular formula is C30H48IN3O10. The molecule has 0 aromatic heterocycles. The van der Waals surface area contributed by atoms with Crippen LogP contribution in [0, 0.1) is 35.5 Å². The molecule has 3 aliphatic rings. The number of fused-ring (bicyclic) bond motifs is 1. The van der Waals surface area contributed by atoms with Crippen molar-refractivity contribution in [2.75, 3.05) is 27.8 Å². The van der Waals surface area contributed by atoms with E-state index < -0.39 is 77.3 Å². The van der Waals surface area contributed by atoms with Gasteiger partial charge in [-0.3, -0.25) is 19.2 Å². The molecular weight excluding hydrogens is 689 g/mol. The van der Waals surface area contributed by atoms with Gasteiger partial charge in [-0.15, -0.1) is 0 Å². The lowest BCUT2D eigenvalue weighted by Gasteiger charge is -2.45. The predicted octanol–water partition coefficient (Wildman–Crippen LogP) is 2.66. The highest BCUT2D eigenvalue weighted by Gasteiger charge is 2.54. The number of hydrogen-bond acceptors (Lipinski definition) is 12. The van der Waals surface area contributed by atoms with Gasteiger partial charge in [-0.05, 0) is 47.7 Å². The third kappa shape index (κ3) is 7.91. The topological polar surface area (TPSA) is 165 Å². The van der Waals surface area contributed by atoms with Crippen LogP contribution in [0.1, 0.15) is 60.8 Å². The van der Waals surface area contributed by atoms with Crippen molar-refractivity contribution in [1.82, 2.24) is 4.90 Å². The van der Waals surface area contributed by atoms with E-state index in [1.54, 1.807) is 27.7 Å². The number of nitrogens with two attached hydrogens (primary N) is 1. The summed E-state index contributed by atoms with van der Waals surface area (Å²) >= 11 is 1.52. The summed E-state index contributed by atoms with van der Waals surface area (Å²) in [6, 6.07) is 0.197. The maximum Gasteiger partial charge on any atom is 0.317 e. The molecule has 0 bridgehead atoms. The average Bonchev–Trinajstić information content (AvgIpc) is 3.31. The van der Waals surface area contributed by atoms with E-state index in [9.17, 15) is 19.2 Å². The summed E-state index contributed by atoms with van der Waals surface area (Å²) in [5.74, 6) is -7.43. The van der Waals surface area contributed by atoms with Crippen LogP contribution in [0.4, 0.5) is 0 Å². The molecule has 44 heavy (non-hydrogen) atoms. The van der Waals surface area contributed by atoms with E-state index in [0.717, 1.165) is 6.42 Å². The normalized spacial score (nSPS) is 41.5. The first kappa shape index (κ1) is 36.6. The van der Waals surface area contributed by atoms with Crippen LogP contribution in [-0.2, 0) is 46.0 Å². The van der Waals surface area contributed by atoms with E-state index in [-0.39, 0.29) is 36.8 Å². The number of Topliss-reactive ketones (excluding diaryl/α,β-unsaturated/α-hetero) is 2. The van der Waals surface area contributed by atoms with Gasteiger partial charge in [-0.25, -0.2) is 0 Å². The van der Waals surface area contributed by atoms with Crippen LogP contribution >= 0.6 is 23.0 Å². The molecule has 12 atom stereocenters. The molecule has 2 N–H and O–H groups in total. The predicted molar refractivity (Wildman–Crippen MR) is 167 cm³/mol. The summed E-state index contributed by atoms with van der Waals surface area (Å²) < 4.78 is 34.7. The van der Waals surface area contributed by atoms with Gasteiger partial charge < -0.3 is 37.5 Å². The minimum atomic E-state index is -1.15. The van der Waals surface area contributed by atoms with Crippen molar-refractivity contribution in [3.63, 3.8) is 0 Å². The standard InChI is InChI=1S/C30H48IN3O10/c1-14-12-30(6,39-9)26(43-21-11-19(34(7)8)10-15(2)41-21)17(4)25(36)18(5)28(37)40-13-20-22(16(3)24(14)35)23(29(38)42-20)27(32)33-44-31/h14-23,26H,10-13H2,1-9H3,(H2,32,33)/t14-,15-,16-,17?,18?,19?,20?,21?,22?,23?,26-,30-/m1/s1. The Morgan fingerprint density at radius 1 is 1.02 bits per heavy atom. The lowest BCUT2D eigenvalue weighted by molar-refractivity contribution is -0.262. The Balaban J connectivity index is 2.04. The van der Waals surface area contributed by atoms with Gasteiger partial charge in [0.05, 0.1) is 17.8 Å². The molecule has 0 amide bonds. The van der Waals surface area contributed by atoms with Gasteiger partial charge in [0.25, 0.3) is 0 Å². The Kier molecular flexibility index (Phi) is 12.6. The first-order valence-corrected chi connectivity index (χ1v) is 16.0. The summed E-state index contributed by atoms with van der Waals surface area (Å²) in [6.07, 6.45) is -0.993. The third-order valence-corrected chi connectivity index (χ3v) is 9.84. The zero-order valence-electron chi connectivity index (χ0n) is 27.1. The molecule has 3 heterocycles. The number of amidine groups is 1. The monoisotopic (exact) mass is 737 g/mol. The zero-order valence-corrected chi connectivity index (χ0v) is 29.3. The molecule has 13 nitrogen and oxygen atoms in total. The number of cyclic esters (lactones) is 1. The molecule has 3 fully saturated rings. The molecule has 0 radical (unpaired) electrons. The molecule has 7 unspecified atom stereocenters. The van der Waals surface area contributed by atoms with Crippen molar-refractivity contribution in [3.8, 4) is 0 Å². The van der Waals surface area contributed by atoms with Crippen LogP contribution < -0.4 is 5.73 Å². The number of ketones is 2. The minimum absolute atomic E-state index is 0.0828. The molecule has 3 saturated heterocycles. The molecule has 0 spiro atoms. The second kappa shape index (κ2) is 15.1. The molecule has 3 rings (SSSR count). The molecule has 14 heteroatoms. The Labute approximate surface area is 273 Å². The SMILES string of the molecule is CO[C@]1(C)C[C@@H](C)C(=O)[C@H](C)C2C(COC(=O)C(C)C(=O)C(C)[C@H]1OC1CC(N(C)C)C[C@@H](C)O1)OC(=O)C2/C(N)=N/OI. The fraction of sp³-hybridized carbons (Fsp3) is 0.833. The van der Waals surface area contributed by atoms with Gasteiger partial charge in [0, 0.05) is 43.2 Å². The smallest absolute Gasteiger partial charge is 0.317 e. The van der Waals surface area contributed by atoms with E-state index >= 15 is 0 Å². The van der Waals surface area contributed by atoms with E-state index in [1.165, 1.54) is 37.0 Å². The maximum absolute atomic E-state index is 14.0. The number of rotatable bonds is 6. The number of carbonyl (C=O) groups excluding carboxylic acids is 4. The quantitative estimate of drug-likeness (QED) is 0.106. The number of esters is 2. The van der Waals surface area contributed by atoms with Crippen molar-refractivity contribution in [2.24, 2.45) is 46.4 Å². The maximum atomic E-state index is 14.0. The summed E-state index contributed by atoms with van der Waals surface area (Å²) in [5.41, 5.74) is 4.94. The molecule has 0 aromatic carbocycles. The highest BCUT2D eigenvalue weighted by atomic mass is 127. The summed E-state index contributed by atoms with van der Waals surface area (Å²) in [6.45, 7) is 10.1. The summed E-state index contributed by atoms with van der Waals surface area (Å²) in [4.78, 5) is 56.1. The lowest BCUT2D eigenvalue weighted by Crippen LogP contribution is -2.55. The highest BCUT2D eigenvalue weighted by Crippen LogP contribution is 2.40. The number of methoxy groups -OCH3 is 1. The first-order valence-electron chi connectivity index (χ1n) is 15.1. The molecule has 0 aromatic rings. The molecule has 0 saturated carbocycles. The van der Waals surface area contributed by atoms with Gasteiger partial charge in [0.2, 0.25) is 23.0 Å². The second-order valence-electron chi connectivity index (χ2n) is 13.0.